The molecule has 2 aliphatic rings. The number of amides is 3. The van der Waals surface area contributed by atoms with Crippen LogP contribution < -0.4 is 16.4 Å². The van der Waals surface area contributed by atoms with E-state index in [0.29, 0.717) is 35.6 Å². The number of thiazole rings is 1. The van der Waals surface area contributed by atoms with Crippen LogP contribution in [-0.2, 0) is 14.4 Å². The number of benzene rings is 2. The Kier molecular flexibility index (Phi) is 12.3. The van der Waals surface area contributed by atoms with E-state index in [9.17, 15) is 24.6 Å². The smallest absolute Gasteiger partial charge is 0.246 e. The first-order valence-corrected chi connectivity index (χ1v) is 21.2. The van der Waals surface area contributed by atoms with E-state index >= 15 is 0 Å². The number of nitrogen functional groups attached to an aromatic ring is 1. The lowest BCUT2D eigenvalue weighted by Gasteiger charge is -2.35. The summed E-state index contributed by atoms with van der Waals surface area (Å²) in [5.41, 5.74) is 12.8. The quantitative estimate of drug-likeness (QED) is 0.113. The van der Waals surface area contributed by atoms with Crippen LogP contribution in [-0.4, -0.2) is 107 Å². The van der Waals surface area contributed by atoms with Crippen LogP contribution >= 0.6 is 11.3 Å². The molecule has 4 atom stereocenters. The average Bonchev–Trinajstić information content (AvgIpc) is 3.92. The molecule has 0 aliphatic carbocycles. The molecule has 312 valence electrons. The first-order valence-electron chi connectivity index (χ1n) is 20.3. The maximum Gasteiger partial charge on any atom is 0.246 e. The van der Waals surface area contributed by atoms with Gasteiger partial charge in [-0.25, -0.2) is 4.98 Å². The summed E-state index contributed by atoms with van der Waals surface area (Å²) in [6.45, 7) is 11.9. The number of anilines is 1. The van der Waals surface area contributed by atoms with Crippen LogP contribution in [0.3, 0.4) is 0 Å². The number of likely N-dealkylation sites (tertiary alicyclic amines) is 2. The number of aromatic nitrogens is 5. The fourth-order valence-electron chi connectivity index (χ4n) is 8.16. The fraction of sp³-hybridized carbons (Fsp3) is 0.465. The normalized spacial score (nSPS) is 18.8. The van der Waals surface area contributed by atoms with E-state index in [1.807, 2.05) is 81.2 Å². The van der Waals surface area contributed by atoms with Crippen LogP contribution in [0.2, 0.25) is 0 Å². The van der Waals surface area contributed by atoms with Gasteiger partial charge in [-0.1, -0.05) is 57.2 Å². The minimum Gasteiger partial charge on any atom is -0.507 e. The zero-order chi connectivity index (χ0) is 42.0. The van der Waals surface area contributed by atoms with Crippen LogP contribution in [0.4, 0.5) is 5.82 Å². The molecule has 59 heavy (non-hydrogen) atoms. The zero-order valence-corrected chi connectivity index (χ0v) is 35.1. The maximum absolute atomic E-state index is 14.2. The van der Waals surface area contributed by atoms with Gasteiger partial charge in [0.2, 0.25) is 17.7 Å². The number of phenols is 1. The first kappa shape index (κ1) is 41.7. The number of carbonyl (C=O) groups is 3. The molecule has 0 bridgehead atoms. The third-order valence-corrected chi connectivity index (χ3v) is 12.5. The van der Waals surface area contributed by atoms with Crippen LogP contribution in [0.15, 0.2) is 60.1 Å². The molecule has 3 aromatic heterocycles. The van der Waals surface area contributed by atoms with Crippen molar-refractivity contribution in [3.63, 3.8) is 0 Å². The number of nitrogens with zero attached hydrogens (tertiary/aromatic N) is 7. The molecule has 2 aliphatic heterocycles. The molecule has 7 rings (SSSR count). The molecular formula is C43H54N10O5S. The van der Waals surface area contributed by atoms with Crippen molar-refractivity contribution in [2.24, 2.45) is 5.41 Å². The predicted octanol–water partition coefficient (Wildman–Crippen LogP) is 5.00. The van der Waals surface area contributed by atoms with E-state index < -0.39 is 23.6 Å². The average molecular weight is 823 g/mol. The Morgan fingerprint density at radius 2 is 1.76 bits per heavy atom. The van der Waals surface area contributed by atoms with Gasteiger partial charge in [-0.3, -0.25) is 19.1 Å². The van der Waals surface area contributed by atoms with E-state index in [1.54, 1.807) is 29.5 Å². The van der Waals surface area contributed by atoms with Gasteiger partial charge in [-0.15, -0.1) is 21.5 Å². The Morgan fingerprint density at radius 1 is 1.03 bits per heavy atom. The molecule has 3 amide bonds. The molecule has 15 nitrogen and oxygen atoms in total. The Hall–Kier alpha value is -5.45. The fourth-order valence-corrected chi connectivity index (χ4v) is 8.97. The number of β-amino-alcohol motifs (C(OH)–C–C–N with tert-alkyl or cyclic N) is 1. The summed E-state index contributed by atoms with van der Waals surface area (Å²) in [5, 5.41) is 40.3. The lowest BCUT2D eigenvalue weighted by atomic mass is 9.85. The number of fused-ring (bicyclic) bond motifs is 1. The van der Waals surface area contributed by atoms with E-state index in [4.69, 9.17) is 5.73 Å². The maximum atomic E-state index is 14.2. The summed E-state index contributed by atoms with van der Waals surface area (Å²) in [6, 6.07) is 14.8. The van der Waals surface area contributed by atoms with E-state index in [2.05, 4.69) is 35.8 Å². The van der Waals surface area contributed by atoms with Crippen molar-refractivity contribution in [2.45, 2.75) is 97.0 Å². The third kappa shape index (κ3) is 9.24. The second-order valence-electron chi connectivity index (χ2n) is 16.9. The Labute approximate surface area is 348 Å². The number of aliphatic hydroxyl groups excluding tert-OH is 1. The van der Waals surface area contributed by atoms with Gasteiger partial charge in [-0.2, -0.15) is 5.10 Å². The minimum absolute atomic E-state index is 0.0126. The van der Waals surface area contributed by atoms with Crippen LogP contribution in [0.25, 0.3) is 32.7 Å². The first-order chi connectivity index (χ1) is 28.2. The topological polar surface area (TPSA) is 205 Å². The number of aromatic hydroxyl groups is 1. The summed E-state index contributed by atoms with van der Waals surface area (Å²) >= 11 is 1.58. The standard InChI is InChI=1S/C43H54N10O5S/c1-25(27-12-14-28(15-13-27)38-26(2)45-24-59-38)46-41(57)34-21-30(54)23-52(34)42(58)39(43(3,4)5)47-36(56)11-8-18-51-19-16-29(17-20-51)53-33-22-32(31-9-6-7-10-35(31)55)48-49-37(33)40(44)50-53/h6-7,9-10,12-15,22,24-25,29-30,34,39,54-55H,8,11,16-21,23H2,1-5H3,(H2,44,50)(H,46,57)(H,47,56)/t25?,30-,34+,39?/m1/s1. The zero-order valence-electron chi connectivity index (χ0n) is 34.3. The molecule has 0 spiro atoms. The van der Waals surface area contributed by atoms with Gasteiger partial charge in [0.1, 0.15) is 17.8 Å². The molecule has 0 saturated carbocycles. The number of nitrogens with one attached hydrogen (secondary N) is 2. The van der Waals surface area contributed by atoms with Crippen molar-refractivity contribution in [2.75, 3.05) is 31.9 Å². The van der Waals surface area contributed by atoms with Crippen molar-refractivity contribution in [1.29, 1.82) is 0 Å². The third-order valence-electron chi connectivity index (χ3n) is 11.5. The monoisotopic (exact) mass is 822 g/mol. The SMILES string of the molecule is Cc1ncsc1-c1ccc(C(C)NC(=O)[C@@H]2C[C@@H](O)CN2C(=O)C(NC(=O)CCCN2CCC(n3nc(N)c4nnc(-c5ccccc5O)cc43)CC2)C(C)(C)C)cc1. The molecule has 6 N–H and O–H groups in total. The van der Waals surface area contributed by atoms with Gasteiger partial charge in [0.05, 0.1) is 45.5 Å². The lowest BCUT2D eigenvalue weighted by molar-refractivity contribution is -0.144. The number of nitrogens with two attached hydrogens (primary N) is 1. The number of aliphatic hydroxyl groups is 1. The highest BCUT2D eigenvalue weighted by Gasteiger charge is 2.44. The summed E-state index contributed by atoms with van der Waals surface area (Å²) in [6.07, 6.45) is 1.76. The second-order valence-corrected chi connectivity index (χ2v) is 17.7. The Morgan fingerprint density at radius 3 is 2.44 bits per heavy atom. The van der Waals surface area contributed by atoms with Gasteiger partial charge >= 0.3 is 0 Å². The Balaban J connectivity index is 0.912. The molecule has 5 heterocycles. The van der Waals surface area contributed by atoms with Gasteiger partial charge < -0.3 is 36.4 Å². The minimum atomic E-state index is -0.890. The van der Waals surface area contributed by atoms with Gasteiger partial charge in [-0.05, 0) is 74.4 Å². The molecule has 2 fully saturated rings. The summed E-state index contributed by atoms with van der Waals surface area (Å²) in [7, 11) is 0. The summed E-state index contributed by atoms with van der Waals surface area (Å²) in [5.74, 6) is -0.533. The number of hydrogen-bond donors (Lipinski definition) is 5. The van der Waals surface area contributed by atoms with Gasteiger partial charge in [0.25, 0.3) is 0 Å². The molecular weight excluding hydrogens is 769 g/mol. The Bertz CT molecular complexity index is 2300. The van der Waals surface area contributed by atoms with Crippen LogP contribution in [0.5, 0.6) is 5.75 Å². The van der Waals surface area contributed by atoms with Gasteiger partial charge in [0, 0.05) is 38.0 Å². The second kappa shape index (κ2) is 17.4. The predicted molar refractivity (Wildman–Crippen MR) is 227 cm³/mol. The number of hydrogen-bond acceptors (Lipinski definition) is 12. The van der Waals surface area contributed by atoms with Crippen molar-refractivity contribution in [3.05, 3.63) is 71.4 Å². The van der Waals surface area contributed by atoms with Crippen LogP contribution in [0.1, 0.15) is 83.1 Å². The molecule has 16 heteroatoms. The van der Waals surface area contributed by atoms with Crippen molar-refractivity contribution < 1.29 is 24.6 Å². The number of phenolic OH excluding ortho intramolecular Hbond substituents is 1. The van der Waals surface area contributed by atoms with E-state index in [-0.39, 0.29) is 54.9 Å². The number of piperidine rings is 1. The number of para-hydroxylation sites is 1. The number of carbonyl (C=O) groups excluding carboxylic acids is 3. The number of rotatable bonds is 12. The summed E-state index contributed by atoms with van der Waals surface area (Å²) < 4.78 is 1.93. The van der Waals surface area contributed by atoms with Crippen molar-refractivity contribution >= 4 is 45.9 Å². The molecule has 2 unspecified atom stereocenters. The van der Waals surface area contributed by atoms with Crippen LogP contribution in [0, 0.1) is 12.3 Å². The van der Waals surface area contributed by atoms with E-state index in [0.717, 1.165) is 53.1 Å². The van der Waals surface area contributed by atoms with Crippen molar-refractivity contribution in [1.82, 2.24) is 45.4 Å². The highest BCUT2D eigenvalue weighted by atomic mass is 32.1. The largest absolute Gasteiger partial charge is 0.507 e. The molecule has 0 radical (unpaired) electrons. The molecule has 5 aromatic rings. The lowest BCUT2D eigenvalue weighted by Crippen LogP contribution is -2.57. The number of aryl methyl sites for hydroxylation is 1. The van der Waals surface area contributed by atoms with E-state index in [1.165, 1.54) is 4.90 Å². The molecule has 2 aromatic carbocycles. The molecule has 2 saturated heterocycles. The van der Waals surface area contributed by atoms with Gasteiger partial charge in [0.15, 0.2) is 11.3 Å². The highest BCUT2D eigenvalue weighted by molar-refractivity contribution is 7.13. The highest BCUT2D eigenvalue weighted by Crippen LogP contribution is 2.33. The van der Waals surface area contributed by atoms with Crippen molar-refractivity contribution in [3.8, 4) is 27.4 Å². The summed E-state index contributed by atoms with van der Waals surface area (Å²) in [4.78, 5) is 50.4.